The van der Waals surface area contributed by atoms with Crippen molar-refractivity contribution < 1.29 is 4.74 Å². The van der Waals surface area contributed by atoms with Crippen LogP contribution in [0.4, 0.5) is 5.82 Å². The third-order valence-electron chi connectivity index (χ3n) is 2.65. The standard InChI is InChI=1S/C14H16IN3O/c1-3-5-12-13(16-2)17-9-18-14(12)19-11-7-4-6-10(15)8-11/h4,6-9H,3,5H2,1-2H3,(H,16,17,18). The van der Waals surface area contributed by atoms with Gasteiger partial charge in [0.2, 0.25) is 5.88 Å². The summed E-state index contributed by atoms with van der Waals surface area (Å²) < 4.78 is 7.02. The van der Waals surface area contributed by atoms with Gasteiger partial charge in [-0.3, -0.25) is 0 Å². The Kier molecular flexibility index (Phi) is 4.95. The third-order valence-corrected chi connectivity index (χ3v) is 3.32. The number of hydrogen-bond acceptors (Lipinski definition) is 4. The number of benzene rings is 1. The van der Waals surface area contributed by atoms with Crippen LogP contribution in [0.15, 0.2) is 30.6 Å². The molecule has 0 radical (unpaired) electrons. The highest BCUT2D eigenvalue weighted by Crippen LogP contribution is 2.28. The Bertz CT molecular complexity index is 560. The number of aromatic nitrogens is 2. The van der Waals surface area contributed by atoms with E-state index in [9.17, 15) is 0 Å². The molecule has 0 amide bonds. The summed E-state index contributed by atoms with van der Waals surface area (Å²) in [5.74, 6) is 2.26. The fraction of sp³-hybridized carbons (Fsp3) is 0.286. The first-order valence-electron chi connectivity index (χ1n) is 6.19. The molecule has 0 aliphatic rings. The second-order valence-electron chi connectivity index (χ2n) is 4.07. The van der Waals surface area contributed by atoms with Gasteiger partial charge in [-0.2, -0.15) is 0 Å². The second-order valence-corrected chi connectivity index (χ2v) is 5.31. The molecule has 0 saturated carbocycles. The minimum Gasteiger partial charge on any atom is -0.439 e. The number of nitrogens with one attached hydrogen (secondary N) is 1. The number of halogens is 1. The molecule has 2 rings (SSSR count). The van der Waals surface area contributed by atoms with Crippen molar-refractivity contribution in [3.63, 3.8) is 0 Å². The lowest BCUT2D eigenvalue weighted by Crippen LogP contribution is -2.03. The van der Waals surface area contributed by atoms with Gasteiger partial charge in [-0.15, -0.1) is 0 Å². The highest BCUT2D eigenvalue weighted by atomic mass is 127. The third kappa shape index (κ3) is 3.56. The molecule has 0 aliphatic heterocycles. The average molecular weight is 369 g/mol. The molecular weight excluding hydrogens is 353 g/mol. The molecule has 0 unspecified atom stereocenters. The van der Waals surface area contributed by atoms with Gasteiger partial charge in [0.05, 0.1) is 5.56 Å². The highest BCUT2D eigenvalue weighted by molar-refractivity contribution is 14.1. The Morgan fingerprint density at radius 2 is 2.16 bits per heavy atom. The van der Waals surface area contributed by atoms with Gasteiger partial charge >= 0.3 is 0 Å². The molecule has 0 bridgehead atoms. The molecular formula is C14H16IN3O. The molecule has 0 aliphatic carbocycles. The Hall–Kier alpha value is -1.37. The molecule has 100 valence electrons. The Morgan fingerprint density at radius 3 is 2.84 bits per heavy atom. The second kappa shape index (κ2) is 6.70. The van der Waals surface area contributed by atoms with E-state index in [1.807, 2.05) is 31.3 Å². The minimum atomic E-state index is 0.628. The van der Waals surface area contributed by atoms with Crippen LogP contribution in [0.1, 0.15) is 18.9 Å². The van der Waals surface area contributed by atoms with Crippen molar-refractivity contribution in [1.82, 2.24) is 9.97 Å². The van der Waals surface area contributed by atoms with Crippen LogP contribution in [0.25, 0.3) is 0 Å². The normalized spacial score (nSPS) is 10.3. The fourth-order valence-corrected chi connectivity index (χ4v) is 2.33. The first kappa shape index (κ1) is 14.0. The summed E-state index contributed by atoms with van der Waals surface area (Å²) in [6.45, 7) is 2.13. The van der Waals surface area contributed by atoms with Crippen LogP contribution in [-0.2, 0) is 6.42 Å². The summed E-state index contributed by atoms with van der Waals surface area (Å²) in [4.78, 5) is 8.49. The molecule has 5 heteroatoms. The van der Waals surface area contributed by atoms with Crippen LogP contribution in [0.5, 0.6) is 11.6 Å². The van der Waals surface area contributed by atoms with Crippen LogP contribution in [0, 0.1) is 3.57 Å². The SMILES string of the molecule is CCCc1c(NC)ncnc1Oc1cccc(I)c1. The van der Waals surface area contributed by atoms with Crippen molar-refractivity contribution in [2.75, 3.05) is 12.4 Å². The number of anilines is 1. The zero-order valence-corrected chi connectivity index (χ0v) is 13.1. The molecule has 1 heterocycles. The maximum Gasteiger partial charge on any atom is 0.227 e. The van der Waals surface area contributed by atoms with Gasteiger partial charge < -0.3 is 10.1 Å². The largest absolute Gasteiger partial charge is 0.439 e. The van der Waals surface area contributed by atoms with E-state index in [0.29, 0.717) is 5.88 Å². The maximum absolute atomic E-state index is 5.89. The van der Waals surface area contributed by atoms with Crippen molar-refractivity contribution in [1.29, 1.82) is 0 Å². The van der Waals surface area contributed by atoms with Crippen LogP contribution in [0.2, 0.25) is 0 Å². The summed E-state index contributed by atoms with van der Waals surface area (Å²) in [7, 11) is 1.86. The lowest BCUT2D eigenvalue weighted by molar-refractivity contribution is 0.454. The van der Waals surface area contributed by atoms with Crippen molar-refractivity contribution in [3.05, 3.63) is 39.7 Å². The molecule has 0 atom stereocenters. The molecule has 2 aromatic rings. The van der Waals surface area contributed by atoms with Crippen molar-refractivity contribution in [3.8, 4) is 11.6 Å². The molecule has 0 spiro atoms. The van der Waals surface area contributed by atoms with Crippen LogP contribution in [0.3, 0.4) is 0 Å². The maximum atomic E-state index is 5.89. The number of ether oxygens (including phenoxy) is 1. The zero-order valence-electron chi connectivity index (χ0n) is 11.0. The van der Waals surface area contributed by atoms with E-state index < -0.39 is 0 Å². The van der Waals surface area contributed by atoms with Gasteiger partial charge in [0.1, 0.15) is 17.9 Å². The number of nitrogens with zero attached hydrogens (tertiary/aromatic N) is 2. The molecule has 1 N–H and O–H groups in total. The predicted molar refractivity (Wildman–Crippen MR) is 84.8 cm³/mol. The smallest absolute Gasteiger partial charge is 0.227 e. The van der Waals surface area contributed by atoms with Gasteiger partial charge in [-0.25, -0.2) is 9.97 Å². The Labute approximate surface area is 126 Å². The molecule has 1 aromatic carbocycles. The Morgan fingerprint density at radius 1 is 1.32 bits per heavy atom. The van der Waals surface area contributed by atoms with Gasteiger partial charge in [0, 0.05) is 10.6 Å². The van der Waals surface area contributed by atoms with Crippen LogP contribution >= 0.6 is 22.6 Å². The summed E-state index contributed by atoms with van der Waals surface area (Å²) in [6.07, 6.45) is 3.43. The quantitative estimate of drug-likeness (QED) is 0.813. The van der Waals surface area contributed by atoms with E-state index in [0.717, 1.165) is 33.5 Å². The van der Waals surface area contributed by atoms with Crippen molar-refractivity contribution in [2.24, 2.45) is 0 Å². The zero-order chi connectivity index (χ0) is 13.7. The molecule has 1 aromatic heterocycles. The number of hydrogen-bond donors (Lipinski definition) is 1. The predicted octanol–water partition coefficient (Wildman–Crippen LogP) is 3.87. The Balaban J connectivity index is 2.33. The van der Waals surface area contributed by atoms with Crippen molar-refractivity contribution >= 4 is 28.4 Å². The fourth-order valence-electron chi connectivity index (χ4n) is 1.82. The first-order chi connectivity index (χ1) is 9.24. The topological polar surface area (TPSA) is 47.0 Å². The molecule has 19 heavy (non-hydrogen) atoms. The average Bonchev–Trinajstić information content (AvgIpc) is 2.41. The van der Waals surface area contributed by atoms with E-state index in [2.05, 4.69) is 44.8 Å². The van der Waals surface area contributed by atoms with E-state index in [-0.39, 0.29) is 0 Å². The van der Waals surface area contributed by atoms with Crippen LogP contribution < -0.4 is 10.1 Å². The monoisotopic (exact) mass is 369 g/mol. The number of rotatable bonds is 5. The van der Waals surface area contributed by atoms with Gasteiger partial charge in [-0.05, 0) is 47.2 Å². The summed E-state index contributed by atoms with van der Waals surface area (Å²) in [6, 6.07) is 7.91. The summed E-state index contributed by atoms with van der Waals surface area (Å²) >= 11 is 2.26. The van der Waals surface area contributed by atoms with E-state index >= 15 is 0 Å². The lowest BCUT2D eigenvalue weighted by atomic mass is 10.2. The first-order valence-corrected chi connectivity index (χ1v) is 7.27. The van der Waals surface area contributed by atoms with E-state index in [4.69, 9.17) is 4.74 Å². The van der Waals surface area contributed by atoms with Crippen LogP contribution in [-0.4, -0.2) is 17.0 Å². The molecule has 0 fully saturated rings. The lowest BCUT2D eigenvalue weighted by Gasteiger charge is -2.12. The van der Waals surface area contributed by atoms with E-state index in [1.165, 1.54) is 6.33 Å². The van der Waals surface area contributed by atoms with Gasteiger partial charge in [0.25, 0.3) is 0 Å². The molecule has 0 saturated heterocycles. The minimum absolute atomic E-state index is 0.628. The molecule has 4 nitrogen and oxygen atoms in total. The van der Waals surface area contributed by atoms with Gasteiger partial charge in [-0.1, -0.05) is 19.4 Å². The summed E-state index contributed by atoms with van der Waals surface area (Å²) in [5.41, 5.74) is 1.02. The summed E-state index contributed by atoms with van der Waals surface area (Å²) in [5, 5.41) is 3.09. The highest BCUT2D eigenvalue weighted by Gasteiger charge is 2.11. The van der Waals surface area contributed by atoms with Crippen molar-refractivity contribution in [2.45, 2.75) is 19.8 Å². The van der Waals surface area contributed by atoms with Gasteiger partial charge in [0.15, 0.2) is 0 Å². The van der Waals surface area contributed by atoms with E-state index in [1.54, 1.807) is 0 Å².